The molecule has 0 spiro atoms. The lowest BCUT2D eigenvalue weighted by molar-refractivity contribution is -0.156. The maximum absolute atomic E-state index is 12.5. The van der Waals surface area contributed by atoms with Gasteiger partial charge in [-0.3, -0.25) is 4.79 Å². The summed E-state index contributed by atoms with van der Waals surface area (Å²) in [7, 11) is 0. The molecule has 160 valence electrons. The van der Waals surface area contributed by atoms with Gasteiger partial charge in [0.15, 0.2) is 17.6 Å². The molecule has 5 heteroatoms. The molecule has 0 saturated carbocycles. The third kappa shape index (κ3) is 5.25. The standard InChI is InChI=1S/C26H27NO4/c1-2-29-22-15-9-10-16-23(22)31-26(21-13-7-4-8-14-21)24-18-27(25(28)19-30-24)17-20-11-5-3-6-12-20/h3-16,24,26H,2,17-19H2,1H3. The summed E-state index contributed by atoms with van der Waals surface area (Å²) in [6.07, 6.45) is -0.687. The van der Waals surface area contributed by atoms with Crippen molar-refractivity contribution < 1.29 is 19.0 Å². The number of morpholine rings is 1. The van der Waals surface area contributed by atoms with Gasteiger partial charge in [0.25, 0.3) is 0 Å². The number of carbonyl (C=O) groups excluding carboxylic acids is 1. The second kappa shape index (κ2) is 10.1. The SMILES string of the molecule is CCOc1ccccc1OC(c1ccccc1)C1CN(Cc2ccccc2)C(=O)CO1. The summed E-state index contributed by atoms with van der Waals surface area (Å²) >= 11 is 0. The van der Waals surface area contributed by atoms with Gasteiger partial charge in [-0.2, -0.15) is 0 Å². The minimum Gasteiger partial charge on any atom is -0.490 e. The van der Waals surface area contributed by atoms with Crippen molar-refractivity contribution in [3.63, 3.8) is 0 Å². The summed E-state index contributed by atoms with van der Waals surface area (Å²) < 4.78 is 18.2. The average molecular weight is 418 g/mol. The van der Waals surface area contributed by atoms with E-state index in [2.05, 4.69) is 0 Å². The van der Waals surface area contributed by atoms with Crippen molar-refractivity contribution in [3.8, 4) is 11.5 Å². The van der Waals surface area contributed by atoms with Gasteiger partial charge in [0.05, 0.1) is 13.2 Å². The second-order valence-corrected chi connectivity index (χ2v) is 7.44. The van der Waals surface area contributed by atoms with Crippen molar-refractivity contribution in [2.45, 2.75) is 25.7 Å². The largest absolute Gasteiger partial charge is 0.490 e. The van der Waals surface area contributed by atoms with Crippen LogP contribution >= 0.6 is 0 Å². The first kappa shape index (κ1) is 20.9. The normalized spacial score (nSPS) is 17.3. The fourth-order valence-corrected chi connectivity index (χ4v) is 3.74. The van der Waals surface area contributed by atoms with Crippen molar-refractivity contribution in [1.82, 2.24) is 4.90 Å². The molecule has 1 heterocycles. The molecule has 1 amide bonds. The monoisotopic (exact) mass is 417 g/mol. The zero-order chi connectivity index (χ0) is 21.5. The first-order chi connectivity index (χ1) is 15.2. The van der Waals surface area contributed by atoms with E-state index in [0.717, 1.165) is 11.1 Å². The molecule has 0 aliphatic carbocycles. The third-order valence-corrected chi connectivity index (χ3v) is 5.26. The Morgan fingerprint density at radius 2 is 1.58 bits per heavy atom. The molecular weight excluding hydrogens is 390 g/mol. The number of carbonyl (C=O) groups is 1. The number of benzene rings is 3. The van der Waals surface area contributed by atoms with E-state index >= 15 is 0 Å². The Kier molecular flexibility index (Phi) is 6.85. The lowest BCUT2D eigenvalue weighted by Crippen LogP contribution is -2.49. The number of hydrogen-bond acceptors (Lipinski definition) is 4. The predicted octanol–water partition coefficient (Wildman–Crippen LogP) is 4.63. The smallest absolute Gasteiger partial charge is 0.248 e. The number of amides is 1. The van der Waals surface area contributed by atoms with E-state index in [1.807, 2.05) is 96.8 Å². The Balaban J connectivity index is 1.59. The van der Waals surface area contributed by atoms with Crippen LogP contribution in [0, 0.1) is 0 Å². The van der Waals surface area contributed by atoms with Gasteiger partial charge in [0.2, 0.25) is 5.91 Å². The summed E-state index contributed by atoms with van der Waals surface area (Å²) in [5.74, 6) is 1.34. The highest BCUT2D eigenvalue weighted by atomic mass is 16.6. The third-order valence-electron chi connectivity index (χ3n) is 5.26. The van der Waals surface area contributed by atoms with Crippen LogP contribution in [-0.2, 0) is 16.1 Å². The van der Waals surface area contributed by atoms with Gasteiger partial charge in [0.1, 0.15) is 12.7 Å². The second-order valence-electron chi connectivity index (χ2n) is 7.44. The Hall–Kier alpha value is -3.31. The minimum atomic E-state index is -0.380. The maximum Gasteiger partial charge on any atom is 0.248 e. The number of para-hydroxylation sites is 2. The first-order valence-electron chi connectivity index (χ1n) is 10.6. The molecule has 1 aliphatic rings. The van der Waals surface area contributed by atoms with Crippen LogP contribution in [0.1, 0.15) is 24.2 Å². The van der Waals surface area contributed by atoms with E-state index < -0.39 is 0 Å². The fourth-order valence-electron chi connectivity index (χ4n) is 3.74. The zero-order valence-corrected chi connectivity index (χ0v) is 17.6. The topological polar surface area (TPSA) is 48.0 Å². The van der Waals surface area contributed by atoms with E-state index in [-0.39, 0.29) is 24.7 Å². The number of nitrogens with zero attached hydrogens (tertiary/aromatic N) is 1. The van der Waals surface area contributed by atoms with Crippen LogP contribution in [0.4, 0.5) is 0 Å². The molecule has 0 N–H and O–H groups in total. The molecule has 4 rings (SSSR count). The van der Waals surface area contributed by atoms with E-state index in [1.165, 1.54) is 0 Å². The molecule has 1 saturated heterocycles. The van der Waals surface area contributed by atoms with Gasteiger partial charge in [-0.05, 0) is 30.2 Å². The fraction of sp³-hybridized carbons (Fsp3) is 0.269. The Morgan fingerprint density at radius 1 is 0.935 bits per heavy atom. The van der Waals surface area contributed by atoms with Crippen LogP contribution < -0.4 is 9.47 Å². The molecule has 2 unspecified atom stereocenters. The first-order valence-corrected chi connectivity index (χ1v) is 10.6. The van der Waals surface area contributed by atoms with E-state index in [9.17, 15) is 4.79 Å². The zero-order valence-electron chi connectivity index (χ0n) is 17.6. The van der Waals surface area contributed by atoms with Crippen molar-refractivity contribution in [2.75, 3.05) is 19.8 Å². The summed E-state index contributed by atoms with van der Waals surface area (Å²) in [5, 5.41) is 0. The van der Waals surface area contributed by atoms with Crippen LogP contribution in [0.25, 0.3) is 0 Å². The molecule has 0 aromatic heterocycles. The highest BCUT2D eigenvalue weighted by Crippen LogP contribution is 2.34. The number of ether oxygens (including phenoxy) is 3. The molecule has 3 aromatic carbocycles. The average Bonchev–Trinajstić information content (AvgIpc) is 2.81. The Labute approximate surface area is 183 Å². The van der Waals surface area contributed by atoms with Gasteiger partial charge in [-0.25, -0.2) is 0 Å². The Morgan fingerprint density at radius 3 is 2.29 bits per heavy atom. The molecule has 5 nitrogen and oxygen atoms in total. The summed E-state index contributed by atoms with van der Waals surface area (Å²) in [6.45, 7) is 3.54. The van der Waals surface area contributed by atoms with Gasteiger partial charge in [-0.1, -0.05) is 72.8 Å². The van der Waals surface area contributed by atoms with Gasteiger partial charge in [0, 0.05) is 6.54 Å². The van der Waals surface area contributed by atoms with Crippen molar-refractivity contribution in [3.05, 3.63) is 96.1 Å². The van der Waals surface area contributed by atoms with Crippen LogP contribution in [0.2, 0.25) is 0 Å². The molecule has 0 radical (unpaired) electrons. The number of rotatable bonds is 8. The van der Waals surface area contributed by atoms with Crippen molar-refractivity contribution >= 4 is 5.91 Å². The molecule has 1 aliphatic heterocycles. The predicted molar refractivity (Wildman–Crippen MR) is 119 cm³/mol. The van der Waals surface area contributed by atoms with Crippen LogP contribution in [0.3, 0.4) is 0 Å². The van der Waals surface area contributed by atoms with Gasteiger partial charge >= 0.3 is 0 Å². The van der Waals surface area contributed by atoms with Crippen LogP contribution in [0.15, 0.2) is 84.9 Å². The van der Waals surface area contributed by atoms with Crippen molar-refractivity contribution in [1.29, 1.82) is 0 Å². The summed E-state index contributed by atoms with van der Waals surface area (Å²) in [6, 6.07) is 27.6. The molecule has 2 atom stereocenters. The molecule has 3 aromatic rings. The van der Waals surface area contributed by atoms with Crippen molar-refractivity contribution in [2.24, 2.45) is 0 Å². The number of hydrogen-bond donors (Lipinski definition) is 0. The van der Waals surface area contributed by atoms with Gasteiger partial charge in [-0.15, -0.1) is 0 Å². The summed E-state index contributed by atoms with van der Waals surface area (Å²) in [5.41, 5.74) is 2.09. The van der Waals surface area contributed by atoms with E-state index in [1.54, 1.807) is 0 Å². The summed E-state index contributed by atoms with van der Waals surface area (Å²) in [4.78, 5) is 14.4. The Bertz CT molecular complexity index is 977. The van der Waals surface area contributed by atoms with Gasteiger partial charge < -0.3 is 19.1 Å². The quantitative estimate of drug-likeness (QED) is 0.536. The lowest BCUT2D eigenvalue weighted by atomic mass is 10.0. The molecule has 0 bridgehead atoms. The van der Waals surface area contributed by atoms with E-state index in [0.29, 0.717) is 31.2 Å². The highest BCUT2D eigenvalue weighted by Gasteiger charge is 2.34. The minimum absolute atomic E-state index is 0.0124. The highest BCUT2D eigenvalue weighted by molar-refractivity contribution is 5.78. The van der Waals surface area contributed by atoms with E-state index in [4.69, 9.17) is 14.2 Å². The maximum atomic E-state index is 12.5. The van der Waals surface area contributed by atoms with Crippen LogP contribution in [0.5, 0.6) is 11.5 Å². The molecule has 1 fully saturated rings. The molecule has 31 heavy (non-hydrogen) atoms. The van der Waals surface area contributed by atoms with Crippen LogP contribution in [-0.4, -0.2) is 36.7 Å². The lowest BCUT2D eigenvalue weighted by Gasteiger charge is -2.37. The molecular formula is C26H27NO4.